The molecular formula is C10H13N5OS. The maximum absolute atomic E-state index is 5.56. The van der Waals surface area contributed by atoms with Crippen LogP contribution < -0.4 is 15.8 Å². The first-order chi connectivity index (χ1) is 8.17. The van der Waals surface area contributed by atoms with E-state index in [0.29, 0.717) is 18.2 Å². The van der Waals surface area contributed by atoms with E-state index in [4.69, 9.17) is 10.5 Å². The van der Waals surface area contributed by atoms with Gasteiger partial charge in [0.2, 0.25) is 11.8 Å². The van der Waals surface area contributed by atoms with Gasteiger partial charge in [-0.05, 0) is 6.92 Å². The molecule has 0 amide bonds. The summed E-state index contributed by atoms with van der Waals surface area (Å²) in [6.07, 6.45) is 1.84. The van der Waals surface area contributed by atoms with Crippen LogP contribution in [0.2, 0.25) is 0 Å². The Balaban J connectivity index is 2.05. The van der Waals surface area contributed by atoms with Crippen LogP contribution in [-0.4, -0.2) is 22.1 Å². The first kappa shape index (κ1) is 11.6. The highest BCUT2D eigenvalue weighted by Gasteiger charge is 2.03. The SMILES string of the molecule is COc1cc(NCc2cnc(C)s2)nc(N)n1. The van der Waals surface area contributed by atoms with Crippen LogP contribution in [-0.2, 0) is 6.54 Å². The minimum atomic E-state index is 0.187. The molecule has 0 aliphatic carbocycles. The highest BCUT2D eigenvalue weighted by Crippen LogP contribution is 2.17. The number of aromatic nitrogens is 3. The highest BCUT2D eigenvalue weighted by atomic mass is 32.1. The molecule has 0 fully saturated rings. The number of rotatable bonds is 4. The molecule has 0 aliphatic rings. The van der Waals surface area contributed by atoms with E-state index in [9.17, 15) is 0 Å². The zero-order chi connectivity index (χ0) is 12.3. The molecule has 2 aromatic rings. The van der Waals surface area contributed by atoms with Crippen molar-refractivity contribution in [1.29, 1.82) is 0 Å². The Hall–Kier alpha value is -1.89. The van der Waals surface area contributed by atoms with Crippen LogP contribution in [0.5, 0.6) is 5.88 Å². The summed E-state index contributed by atoms with van der Waals surface area (Å²) in [5, 5.41) is 4.19. The smallest absolute Gasteiger partial charge is 0.225 e. The molecule has 0 bridgehead atoms. The summed E-state index contributed by atoms with van der Waals surface area (Å²) >= 11 is 1.64. The lowest BCUT2D eigenvalue weighted by Gasteiger charge is -2.06. The molecule has 17 heavy (non-hydrogen) atoms. The zero-order valence-electron chi connectivity index (χ0n) is 9.60. The summed E-state index contributed by atoms with van der Waals surface area (Å²) in [4.78, 5) is 13.3. The molecular weight excluding hydrogens is 238 g/mol. The molecule has 0 atom stereocenters. The highest BCUT2D eigenvalue weighted by molar-refractivity contribution is 7.11. The van der Waals surface area contributed by atoms with E-state index in [-0.39, 0.29) is 5.95 Å². The fourth-order valence-electron chi connectivity index (χ4n) is 1.30. The predicted molar refractivity (Wildman–Crippen MR) is 67.2 cm³/mol. The Morgan fingerprint density at radius 3 is 2.94 bits per heavy atom. The quantitative estimate of drug-likeness (QED) is 0.855. The molecule has 0 aliphatic heterocycles. The summed E-state index contributed by atoms with van der Waals surface area (Å²) < 4.78 is 5.01. The molecule has 3 N–H and O–H groups in total. The normalized spacial score (nSPS) is 10.2. The molecule has 2 aromatic heterocycles. The first-order valence-electron chi connectivity index (χ1n) is 5.01. The lowest BCUT2D eigenvalue weighted by molar-refractivity contribution is 0.398. The van der Waals surface area contributed by atoms with E-state index < -0.39 is 0 Å². The lowest BCUT2D eigenvalue weighted by Crippen LogP contribution is -2.04. The van der Waals surface area contributed by atoms with E-state index in [2.05, 4.69) is 20.3 Å². The average molecular weight is 251 g/mol. The van der Waals surface area contributed by atoms with Gasteiger partial charge in [0.25, 0.3) is 0 Å². The molecule has 2 rings (SSSR count). The fourth-order valence-corrected chi connectivity index (χ4v) is 2.04. The predicted octanol–water partition coefficient (Wildman–Crippen LogP) is 1.44. The van der Waals surface area contributed by atoms with Crippen molar-refractivity contribution in [3.05, 3.63) is 22.1 Å². The molecule has 0 radical (unpaired) electrons. The summed E-state index contributed by atoms with van der Waals surface area (Å²) in [5.74, 6) is 1.27. The van der Waals surface area contributed by atoms with Gasteiger partial charge in [-0.25, -0.2) is 4.98 Å². The van der Waals surface area contributed by atoms with Gasteiger partial charge in [0.05, 0.1) is 18.7 Å². The summed E-state index contributed by atoms with van der Waals surface area (Å²) in [6.45, 7) is 2.63. The summed E-state index contributed by atoms with van der Waals surface area (Å²) in [6, 6.07) is 1.70. The third kappa shape index (κ3) is 3.04. The van der Waals surface area contributed by atoms with Crippen LogP contribution in [0.3, 0.4) is 0 Å². The van der Waals surface area contributed by atoms with Crippen LogP contribution in [0.1, 0.15) is 9.88 Å². The number of anilines is 2. The molecule has 0 saturated carbocycles. The van der Waals surface area contributed by atoms with Crippen LogP contribution in [0, 0.1) is 6.92 Å². The van der Waals surface area contributed by atoms with Crippen molar-refractivity contribution >= 4 is 23.1 Å². The van der Waals surface area contributed by atoms with Crippen molar-refractivity contribution in [2.24, 2.45) is 0 Å². The van der Waals surface area contributed by atoms with Gasteiger partial charge in [-0.1, -0.05) is 0 Å². The number of methoxy groups -OCH3 is 1. The van der Waals surface area contributed by atoms with Crippen LogP contribution in [0.4, 0.5) is 11.8 Å². The summed E-state index contributed by atoms with van der Waals surface area (Å²) in [5.41, 5.74) is 5.56. The van der Waals surface area contributed by atoms with E-state index in [1.807, 2.05) is 13.1 Å². The van der Waals surface area contributed by atoms with Gasteiger partial charge in [0, 0.05) is 17.1 Å². The zero-order valence-corrected chi connectivity index (χ0v) is 10.4. The Morgan fingerprint density at radius 1 is 1.47 bits per heavy atom. The van der Waals surface area contributed by atoms with E-state index in [1.54, 1.807) is 17.4 Å². The van der Waals surface area contributed by atoms with Crippen molar-refractivity contribution in [3.63, 3.8) is 0 Å². The molecule has 7 heteroatoms. The number of hydrogen-bond donors (Lipinski definition) is 2. The maximum Gasteiger partial charge on any atom is 0.225 e. The van der Waals surface area contributed by atoms with Gasteiger partial charge in [0.1, 0.15) is 5.82 Å². The number of nitrogens with zero attached hydrogens (tertiary/aromatic N) is 3. The van der Waals surface area contributed by atoms with E-state index >= 15 is 0 Å². The van der Waals surface area contributed by atoms with Crippen LogP contribution in [0.15, 0.2) is 12.3 Å². The molecule has 90 valence electrons. The number of nitrogens with one attached hydrogen (secondary N) is 1. The number of hydrogen-bond acceptors (Lipinski definition) is 7. The van der Waals surface area contributed by atoms with Crippen molar-refractivity contribution in [2.45, 2.75) is 13.5 Å². The number of aryl methyl sites for hydroxylation is 1. The monoisotopic (exact) mass is 251 g/mol. The van der Waals surface area contributed by atoms with Crippen molar-refractivity contribution in [2.75, 3.05) is 18.2 Å². The fraction of sp³-hybridized carbons (Fsp3) is 0.300. The topological polar surface area (TPSA) is 86.0 Å². The maximum atomic E-state index is 5.56. The van der Waals surface area contributed by atoms with E-state index in [0.717, 1.165) is 9.88 Å². The average Bonchev–Trinajstić information content (AvgIpc) is 2.72. The standard InChI is InChI=1S/C10H13N5OS/c1-6-12-4-7(17-6)5-13-8-3-9(16-2)15-10(11)14-8/h3-4H,5H2,1-2H3,(H3,11,13,14,15). The molecule has 0 spiro atoms. The van der Waals surface area contributed by atoms with Crippen molar-refractivity contribution in [1.82, 2.24) is 15.0 Å². The molecule has 6 nitrogen and oxygen atoms in total. The Kier molecular flexibility index (Phi) is 3.38. The van der Waals surface area contributed by atoms with Gasteiger partial charge < -0.3 is 15.8 Å². The third-order valence-corrected chi connectivity index (χ3v) is 2.95. The second kappa shape index (κ2) is 4.96. The third-order valence-electron chi connectivity index (χ3n) is 2.04. The van der Waals surface area contributed by atoms with Crippen molar-refractivity contribution < 1.29 is 4.74 Å². The van der Waals surface area contributed by atoms with Gasteiger partial charge in [-0.2, -0.15) is 9.97 Å². The second-order valence-electron chi connectivity index (χ2n) is 3.35. The largest absolute Gasteiger partial charge is 0.481 e. The van der Waals surface area contributed by atoms with Crippen molar-refractivity contribution in [3.8, 4) is 5.88 Å². The Labute approximate surface area is 103 Å². The van der Waals surface area contributed by atoms with Crippen LogP contribution in [0.25, 0.3) is 0 Å². The van der Waals surface area contributed by atoms with Gasteiger partial charge in [-0.15, -0.1) is 11.3 Å². The first-order valence-corrected chi connectivity index (χ1v) is 5.83. The number of thiazole rings is 1. The second-order valence-corrected chi connectivity index (χ2v) is 4.67. The van der Waals surface area contributed by atoms with Crippen LogP contribution >= 0.6 is 11.3 Å². The minimum absolute atomic E-state index is 0.187. The minimum Gasteiger partial charge on any atom is -0.481 e. The van der Waals surface area contributed by atoms with E-state index in [1.165, 1.54) is 7.11 Å². The molecule has 2 heterocycles. The number of ether oxygens (including phenoxy) is 1. The molecule has 0 saturated heterocycles. The van der Waals surface area contributed by atoms with Gasteiger partial charge >= 0.3 is 0 Å². The molecule has 0 unspecified atom stereocenters. The van der Waals surface area contributed by atoms with Gasteiger partial charge in [0.15, 0.2) is 0 Å². The Bertz CT molecular complexity index is 513. The van der Waals surface area contributed by atoms with Gasteiger partial charge in [-0.3, -0.25) is 0 Å². The summed E-state index contributed by atoms with van der Waals surface area (Å²) in [7, 11) is 1.54. The number of nitrogen functional groups attached to an aromatic ring is 1. The number of nitrogens with two attached hydrogens (primary N) is 1. The Morgan fingerprint density at radius 2 is 2.29 bits per heavy atom. The lowest BCUT2D eigenvalue weighted by atomic mass is 10.5. The molecule has 0 aromatic carbocycles.